The third kappa shape index (κ3) is 2.40. The first-order chi connectivity index (χ1) is 11.2. The molecule has 0 aliphatic carbocycles. The van der Waals surface area contributed by atoms with Crippen LogP contribution in [0.3, 0.4) is 0 Å². The van der Waals surface area contributed by atoms with Crippen molar-refractivity contribution in [1.82, 2.24) is 15.0 Å². The quantitative estimate of drug-likeness (QED) is 0.571. The van der Waals surface area contributed by atoms with Crippen LogP contribution in [0.2, 0.25) is 0 Å². The van der Waals surface area contributed by atoms with Crippen molar-refractivity contribution in [2.75, 3.05) is 0 Å². The highest BCUT2D eigenvalue weighted by Crippen LogP contribution is 2.28. The van der Waals surface area contributed by atoms with Gasteiger partial charge < -0.3 is 4.98 Å². The van der Waals surface area contributed by atoms with E-state index in [0.29, 0.717) is 0 Å². The second kappa shape index (κ2) is 5.36. The number of aromatic nitrogens is 3. The second-order valence-electron chi connectivity index (χ2n) is 5.79. The maximum atomic E-state index is 4.65. The largest absolute Gasteiger partial charge is 0.345 e. The monoisotopic (exact) mass is 299 g/mol. The highest BCUT2D eigenvalue weighted by molar-refractivity contribution is 5.76. The highest BCUT2D eigenvalue weighted by Gasteiger charge is 2.06. The Morgan fingerprint density at radius 2 is 1.65 bits per heavy atom. The van der Waals surface area contributed by atoms with Gasteiger partial charge in [0, 0.05) is 11.8 Å². The SMILES string of the molecule is Cc1cccc(-c2ccc(-c3cnc4[nH]ccc4n3)cc2)c1C. The summed E-state index contributed by atoms with van der Waals surface area (Å²) in [7, 11) is 0. The van der Waals surface area contributed by atoms with Crippen molar-refractivity contribution >= 4 is 11.2 Å². The molecule has 4 aromatic rings. The topological polar surface area (TPSA) is 41.6 Å². The average Bonchev–Trinajstić information content (AvgIpc) is 3.05. The maximum absolute atomic E-state index is 4.65. The number of hydrogen-bond acceptors (Lipinski definition) is 2. The normalized spacial score (nSPS) is 11.0. The van der Waals surface area contributed by atoms with E-state index in [1.807, 2.05) is 18.5 Å². The number of aromatic amines is 1. The van der Waals surface area contributed by atoms with Crippen molar-refractivity contribution < 1.29 is 0 Å². The van der Waals surface area contributed by atoms with Crippen LogP contribution < -0.4 is 0 Å². The molecule has 0 spiro atoms. The number of benzene rings is 2. The Bertz CT molecular complexity index is 981. The molecule has 2 aromatic carbocycles. The van der Waals surface area contributed by atoms with Crippen LogP contribution in [0, 0.1) is 13.8 Å². The highest BCUT2D eigenvalue weighted by atomic mass is 14.9. The number of fused-ring (bicyclic) bond motifs is 1. The molecule has 0 saturated carbocycles. The van der Waals surface area contributed by atoms with Crippen LogP contribution in [-0.2, 0) is 0 Å². The van der Waals surface area contributed by atoms with Gasteiger partial charge in [-0.1, -0.05) is 42.5 Å². The van der Waals surface area contributed by atoms with Crippen molar-refractivity contribution in [3.63, 3.8) is 0 Å². The van der Waals surface area contributed by atoms with E-state index in [9.17, 15) is 0 Å². The van der Waals surface area contributed by atoms with Crippen molar-refractivity contribution in [2.24, 2.45) is 0 Å². The van der Waals surface area contributed by atoms with E-state index in [-0.39, 0.29) is 0 Å². The summed E-state index contributed by atoms with van der Waals surface area (Å²) < 4.78 is 0. The van der Waals surface area contributed by atoms with Crippen LogP contribution in [0.15, 0.2) is 60.9 Å². The lowest BCUT2D eigenvalue weighted by Gasteiger charge is -2.09. The Balaban J connectivity index is 1.74. The third-order valence-electron chi connectivity index (χ3n) is 4.36. The molecule has 0 atom stereocenters. The molecule has 3 heteroatoms. The zero-order valence-electron chi connectivity index (χ0n) is 13.2. The van der Waals surface area contributed by atoms with Gasteiger partial charge in [-0.15, -0.1) is 0 Å². The molecule has 2 aromatic heterocycles. The first kappa shape index (κ1) is 13.7. The lowest BCUT2D eigenvalue weighted by atomic mass is 9.96. The number of nitrogens with zero attached hydrogens (tertiary/aromatic N) is 2. The van der Waals surface area contributed by atoms with Gasteiger partial charge in [-0.05, 0) is 42.2 Å². The number of rotatable bonds is 2. The predicted molar refractivity (Wildman–Crippen MR) is 94.2 cm³/mol. The van der Waals surface area contributed by atoms with E-state index in [2.05, 4.69) is 71.3 Å². The van der Waals surface area contributed by atoms with Crippen LogP contribution in [0.1, 0.15) is 11.1 Å². The minimum Gasteiger partial charge on any atom is -0.345 e. The van der Waals surface area contributed by atoms with Crippen molar-refractivity contribution in [3.05, 3.63) is 72.1 Å². The minimum absolute atomic E-state index is 0.820. The minimum atomic E-state index is 0.820. The standard InChI is InChI=1S/C20H17N3/c1-13-4-3-5-17(14(13)2)15-6-8-16(9-7-15)19-12-22-20-18(23-19)10-11-21-20/h3-12H,1-2H3,(H,21,22). The van der Waals surface area contributed by atoms with Gasteiger partial charge in [0.1, 0.15) is 5.52 Å². The molecule has 0 aliphatic heterocycles. The molecule has 0 radical (unpaired) electrons. The van der Waals surface area contributed by atoms with Gasteiger partial charge in [0.25, 0.3) is 0 Å². The molecule has 0 aliphatic rings. The molecule has 0 bridgehead atoms. The summed E-state index contributed by atoms with van der Waals surface area (Å²) in [5.41, 5.74) is 8.83. The summed E-state index contributed by atoms with van der Waals surface area (Å²) >= 11 is 0. The van der Waals surface area contributed by atoms with Crippen molar-refractivity contribution in [1.29, 1.82) is 0 Å². The van der Waals surface area contributed by atoms with E-state index in [0.717, 1.165) is 22.4 Å². The molecule has 0 fully saturated rings. The van der Waals surface area contributed by atoms with E-state index >= 15 is 0 Å². The van der Waals surface area contributed by atoms with Gasteiger partial charge in [0.15, 0.2) is 5.65 Å². The van der Waals surface area contributed by atoms with Gasteiger partial charge >= 0.3 is 0 Å². The number of hydrogen-bond donors (Lipinski definition) is 1. The average molecular weight is 299 g/mol. The van der Waals surface area contributed by atoms with Gasteiger partial charge in [0.2, 0.25) is 0 Å². The Morgan fingerprint density at radius 1 is 0.870 bits per heavy atom. The predicted octanol–water partition coefficient (Wildman–Crippen LogP) is 4.91. The fourth-order valence-electron chi connectivity index (χ4n) is 2.85. The molecule has 0 amide bonds. The summed E-state index contributed by atoms with van der Waals surface area (Å²) in [6, 6.07) is 16.9. The molecule has 2 heterocycles. The molecule has 23 heavy (non-hydrogen) atoms. The zero-order valence-corrected chi connectivity index (χ0v) is 13.2. The Labute approximate surface area is 135 Å². The van der Waals surface area contributed by atoms with Crippen LogP contribution >= 0.6 is 0 Å². The van der Waals surface area contributed by atoms with Crippen molar-refractivity contribution in [2.45, 2.75) is 13.8 Å². The molecule has 112 valence electrons. The first-order valence-electron chi connectivity index (χ1n) is 7.69. The third-order valence-corrected chi connectivity index (χ3v) is 4.36. The van der Waals surface area contributed by atoms with Crippen LogP contribution in [0.25, 0.3) is 33.5 Å². The van der Waals surface area contributed by atoms with E-state index < -0.39 is 0 Å². The van der Waals surface area contributed by atoms with Gasteiger partial charge in [0.05, 0.1) is 11.9 Å². The summed E-state index contributed by atoms with van der Waals surface area (Å²) in [6.07, 6.45) is 3.67. The van der Waals surface area contributed by atoms with Crippen molar-refractivity contribution in [3.8, 4) is 22.4 Å². The smallest absolute Gasteiger partial charge is 0.156 e. The van der Waals surface area contributed by atoms with E-state index in [4.69, 9.17) is 0 Å². The number of nitrogens with one attached hydrogen (secondary N) is 1. The molecule has 4 rings (SSSR count). The summed E-state index contributed by atoms with van der Waals surface area (Å²) in [5, 5.41) is 0. The van der Waals surface area contributed by atoms with Gasteiger partial charge in [-0.25, -0.2) is 9.97 Å². The molecule has 1 N–H and O–H groups in total. The fraction of sp³-hybridized carbons (Fsp3) is 0.100. The van der Waals surface area contributed by atoms with Crippen LogP contribution in [-0.4, -0.2) is 15.0 Å². The van der Waals surface area contributed by atoms with Crippen LogP contribution in [0.5, 0.6) is 0 Å². The van der Waals surface area contributed by atoms with Crippen LogP contribution in [0.4, 0.5) is 0 Å². The fourth-order valence-corrected chi connectivity index (χ4v) is 2.85. The summed E-state index contributed by atoms with van der Waals surface area (Å²) in [4.78, 5) is 12.1. The molecular weight excluding hydrogens is 282 g/mol. The van der Waals surface area contributed by atoms with Gasteiger partial charge in [-0.3, -0.25) is 0 Å². The second-order valence-corrected chi connectivity index (χ2v) is 5.79. The Hall–Kier alpha value is -2.94. The molecule has 0 saturated heterocycles. The lowest BCUT2D eigenvalue weighted by Crippen LogP contribution is -1.89. The number of H-pyrrole nitrogens is 1. The maximum Gasteiger partial charge on any atom is 0.156 e. The van der Waals surface area contributed by atoms with E-state index in [1.54, 1.807) is 0 Å². The first-order valence-corrected chi connectivity index (χ1v) is 7.69. The summed E-state index contributed by atoms with van der Waals surface area (Å²) in [6.45, 7) is 4.32. The zero-order chi connectivity index (χ0) is 15.8. The Kier molecular flexibility index (Phi) is 3.19. The molecule has 0 unspecified atom stereocenters. The lowest BCUT2D eigenvalue weighted by molar-refractivity contribution is 1.26. The number of aryl methyl sites for hydroxylation is 1. The van der Waals surface area contributed by atoms with E-state index in [1.165, 1.54) is 22.3 Å². The molecule has 3 nitrogen and oxygen atoms in total. The Morgan fingerprint density at radius 3 is 2.48 bits per heavy atom. The molecular formula is C20H17N3. The summed E-state index contributed by atoms with van der Waals surface area (Å²) in [5.74, 6) is 0. The van der Waals surface area contributed by atoms with Gasteiger partial charge in [-0.2, -0.15) is 0 Å².